The van der Waals surface area contributed by atoms with Crippen molar-refractivity contribution in [1.82, 2.24) is 0 Å². The Morgan fingerprint density at radius 3 is 2.44 bits per heavy atom. The van der Waals surface area contributed by atoms with Crippen LogP contribution in [0.3, 0.4) is 0 Å². The number of phenolic OH excluding ortho intramolecular Hbond substituents is 1. The summed E-state index contributed by atoms with van der Waals surface area (Å²) in [6.07, 6.45) is 0.788. The first kappa shape index (κ1) is 16.6. The van der Waals surface area contributed by atoms with E-state index in [1.54, 1.807) is 12.1 Å². The summed E-state index contributed by atoms with van der Waals surface area (Å²) >= 11 is 0. The van der Waals surface area contributed by atoms with Crippen LogP contribution in [0.25, 0.3) is 11.1 Å². The maximum absolute atomic E-state index is 9.92. The van der Waals surface area contributed by atoms with Gasteiger partial charge in [-0.3, -0.25) is 0 Å². The Bertz CT molecular complexity index is 925. The van der Waals surface area contributed by atoms with Crippen molar-refractivity contribution in [3.05, 3.63) is 83.4 Å². The molecular formula is C22H19NO2. The molecule has 0 unspecified atom stereocenters. The lowest BCUT2D eigenvalue weighted by atomic mass is 10.0. The second-order valence-electron chi connectivity index (χ2n) is 5.83. The molecule has 0 saturated heterocycles. The van der Waals surface area contributed by atoms with Gasteiger partial charge in [0.15, 0.2) is 0 Å². The van der Waals surface area contributed by atoms with E-state index >= 15 is 0 Å². The molecule has 0 radical (unpaired) electrons. The first-order chi connectivity index (χ1) is 12.2. The molecule has 0 aromatic heterocycles. The van der Waals surface area contributed by atoms with Crippen LogP contribution in [0.5, 0.6) is 11.5 Å². The number of ether oxygens (including phenoxy) is 1. The first-order valence-electron chi connectivity index (χ1n) is 8.23. The highest BCUT2D eigenvalue weighted by Crippen LogP contribution is 2.26. The molecule has 3 aromatic rings. The summed E-state index contributed by atoms with van der Waals surface area (Å²) in [6.45, 7) is 2.42. The van der Waals surface area contributed by atoms with Crippen LogP contribution in [0.1, 0.15) is 23.6 Å². The van der Waals surface area contributed by atoms with E-state index in [0.29, 0.717) is 17.9 Å². The number of hydrogen-bond donors (Lipinski definition) is 1. The summed E-state index contributed by atoms with van der Waals surface area (Å²) < 4.78 is 5.80. The largest absolute Gasteiger partial charge is 0.508 e. The van der Waals surface area contributed by atoms with Crippen LogP contribution in [-0.2, 0) is 13.0 Å². The molecule has 0 amide bonds. The summed E-state index contributed by atoms with van der Waals surface area (Å²) in [7, 11) is 0. The third kappa shape index (κ3) is 3.99. The lowest BCUT2D eigenvalue weighted by molar-refractivity contribution is 0.304. The molecule has 3 aromatic carbocycles. The zero-order valence-electron chi connectivity index (χ0n) is 14.1. The molecule has 0 atom stereocenters. The molecule has 3 heteroatoms. The van der Waals surface area contributed by atoms with Crippen LogP contribution in [0.4, 0.5) is 0 Å². The van der Waals surface area contributed by atoms with E-state index in [-0.39, 0.29) is 5.75 Å². The molecule has 0 aliphatic heterocycles. The third-order valence-electron chi connectivity index (χ3n) is 4.10. The molecule has 0 saturated carbocycles. The second kappa shape index (κ2) is 7.55. The number of aromatic hydroxyl groups is 1. The Morgan fingerprint density at radius 1 is 0.960 bits per heavy atom. The van der Waals surface area contributed by atoms with E-state index in [1.807, 2.05) is 55.5 Å². The molecule has 124 valence electrons. The predicted octanol–water partition coefficient (Wildman–Crippen LogP) is 5.07. The maximum atomic E-state index is 9.92. The van der Waals surface area contributed by atoms with Crippen molar-refractivity contribution >= 4 is 0 Å². The van der Waals surface area contributed by atoms with Gasteiger partial charge in [0.2, 0.25) is 0 Å². The molecule has 0 heterocycles. The van der Waals surface area contributed by atoms with Gasteiger partial charge in [0, 0.05) is 6.07 Å². The Labute approximate surface area is 147 Å². The standard InChI is InChI=1S/C22H19NO2/c1-2-18-9-10-21(13-22(18)24)25-15-17-6-4-8-20(12-17)19-7-3-5-16(11-19)14-23/h3-13,24H,2,15H2,1H3. The smallest absolute Gasteiger partial charge is 0.123 e. The molecule has 3 rings (SSSR count). The summed E-state index contributed by atoms with van der Waals surface area (Å²) in [5.74, 6) is 0.911. The molecule has 25 heavy (non-hydrogen) atoms. The molecule has 3 nitrogen and oxygen atoms in total. The third-order valence-corrected chi connectivity index (χ3v) is 4.10. The number of hydrogen-bond acceptors (Lipinski definition) is 3. The molecule has 1 N–H and O–H groups in total. The van der Waals surface area contributed by atoms with E-state index in [2.05, 4.69) is 12.1 Å². The summed E-state index contributed by atoms with van der Waals surface area (Å²) in [6, 6.07) is 23.2. The quantitative estimate of drug-likeness (QED) is 0.711. The van der Waals surface area contributed by atoms with E-state index in [4.69, 9.17) is 10.00 Å². The monoisotopic (exact) mass is 329 g/mol. The van der Waals surface area contributed by atoms with Crippen LogP contribution in [-0.4, -0.2) is 5.11 Å². The highest BCUT2D eigenvalue weighted by Gasteiger charge is 2.04. The van der Waals surface area contributed by atoms with Crippen LogP contribution < -0.4 is 4.74 Å². The van der Waals surface area contributed by atoms with Crippen molar-refractivity contribution in [1.29, 1.82) is 5.26 Å². The Kier molecular flexibility index (Phi) is 5.01. The van der Waals surface area contributed by atoms with Gasteiger partial charge in [-0.1, -0.05) is 43.3 Å². The number of phenols is 1. The van der Waals surface area contributed by atoms with Gasteiger partial charge < -0.3 is 9.84 Å². The molecule has 0 aliphatic rings. The predicted molar refractivity (Wildman–Crippen MR) is 98.4 cm³/mol. The Hall–Kier alpha value is -3.25. The minimum absolute atomic E-state index is 0.266. The maximum Gasteiger partial charge on any atom is 0.123 e. The number of nitriles is 1. The van der Waals surface area contributed by atoms with Gasteiger partial charge in [-0.15, -0.1) is 0 Å². The number of rotatable bonds is 5. The van der Waals surface area contributed by atoms with Gasteiger partial charge in [0.05, 0.1) is 11.6 Å². The van der Waals surface area contributed by atoms with Crippen molar-refractivity contribution in [2.24, 2.45) is 0 Å². The fourth-order valence-corrected chi connectivity index (χ4v) is 2.71. The van der Waals surface area contributed by atoms with Crippen LogP contribution in [0.15, 0.2) is 66.7 Å². The van der Waals surface area contributed by atoms with Crippen LogP contribution in [0, 0.1) is 11.3 Å². The fourth-order valence-electron chi connectivity index (χ4n) is 2.71. The molecular weight excluding hydrogens is 310 g/mol. The zero-order chi connectivity index (χ0) is 17.6. The minimum atomic E-state index is 0.266. The topological polar surface area (TPSA) is 53.2 Å². The van der Waals surface area contributed by atoms with Crippen molar-refractivity contribution in [3.8, 4) is 28.7 Å². The van der Waals surface area contributed by atoms with Gasteiger partial charge in [-0.25, -0.2) is 0 Å². The van der Waals surface area contributed by atoms with Crippen LogP contribution >= 0.6 is 0 Å². The van der Waals surface area contributed by atoms with Crippen LogP contribution in [0.2, 0.25) is 0 Å². The van der Waals surface area contributed by atoms with Gasteiger partial charge in [0.1, 0.15) is 18.1 Å². The molecule has 0 bridgehead atoms. The zero-order valence-corrected chi connectivity index (χ0v) is 14.1. The SMILES string of the molecule is CCc1ccc(OCc2cccc(-c3cccc(C#N)c3)c2)cc1O. The number of aryl methyl sites for hydroxylation is 1. The van der Waals surface area contributed by atoms with E-state index < -0.39 is 0 Å². The van der Waals surface area contributed by atoms with E-state index in [1.165, 1.54) is 0 Å². The summed E-state index contributed by atoms with van der Waals surface area (Å²) in [4.78, 5) is 0. The normalized spacial score (nSPS) is 10.2. The van der Waals surface area contributed by atoms with Crippen molar-refractivity contribution in [2.75, 3.05) is 0 Å². The van der Waals surface area contributed by atoms with E-state index in [0.717, 1.165) is 28.7 Å². The Balaban J connectivity index is 1.76. The Morgan fingerprint density at radius 2 is 1.72 bits per heavy atom. The van der Waals surface area contributed by atoms with Gasteiger partial charge >= 0.3 is 0 Å². The molecule has 0 aliphatic carbocycles. The summed E-state index contributed by atoms with van der Waals surface area (Å²) in [5, 5.41) is 19.0. The highest BCUT2D eigenvalue weighted by atomic mass is 16.5. The molecule has 0 spiro atoms. The van der Waals surface area contributed by atoms with Crippen molar-refractivity contribution in [2.45, 2.75) is 20.0 Å². The lowest BCUT2D eigenvalue weighted by Crippen LogP contribution is -1.96. The number of benzene rings is 3. The lowest BCUT2D eigenvalue weighted by Gasteiger charge is -2.10. The van der Waals surface area contributed by atoms with Crippen molar-refractivity contribution < 1.29 is 9.84 Å². The number of nitrogens with zero attached hydrogens (tertiary/aromatic N) is 1. The highest BCUT2D eigenvalue weighted by molar-refractivity contribution is 5.65. The van der Waals surface area contributed by atoms with Crippen molar-refractivity contribution in [3.63, 3.8) is 0 Å². The van der Waals surface area contributed by atoms with Gasteiger partial charge in [0.25, 0.3) is 0 Å². The van der Waals surface area contributed by atoms with E-state index in [9.17, 15) is 5.11 Å². The van der Waals surface area contributed by atoms with Gasteiger partial charge in [-0.2, -0.15) is 5.26 Å². The first-order valence-corrected chi connectivity index (χ1v) is 8.23. The summed E-state index contributed by atoms with van der Waals surface area (Å²) in [5.41, 5.74) is 4.63. The average Bonchev–Trinajstić information content (AvgIpc) is 2.67. The fraction of sp³-hybridized carbons (Fsp3) is 0.136. The average molecular weight is 329 g/mol. The van der Waals surface area contributed by atoms with Gasteiger partial charge in [-0.05, 0) is 52.9 Å². The molecule has 0 fully saturated rings. The second-order valence-corrected chi connectivity index (χ2v) is 5.83. The minimum Gasteiger partial charge on any atom is -0.508 e.